The lowest BCUT2D eigenvalue weighted by molar-refractivity contribution is 0.304. The third-order valence-corrected chi connectivity index (χ3v) is 2.70. The number of aryl methyl sites for hydroxylation is 1. The molecule has 0 saturated heterocycles. The van der Waals surface area contributed by atoms with Gasteiger partial charge in [0, 0.05) is 12.6 Å². The van der Waals surface area contributed by atoms with Gasteiger partial charge in [0.15, 0.2) is 0 Å². The summed E-state index contributed by atoms with van der Waals surface area (Å²) in [6, 6.07) is 7.46. The zero-order valence-electron chi connectivity index (χ0n) is 10.6. The largest absolute Gasteiger partial charge is 0.497 e. The van der Waals surface area contributed by atoms with Crippen molar-refractivity contribution in [2.75, 3.05) is 12.8 Å². The number of nitrogen functional groups attached to an aromatic ring is 1. The number of aromatic nitrogens is 2. The van der Waals surface area contributed by atoms with E-state index in [4.69, 9.17) is 15.2 Å². The molecule has 1 aromatic carbocycles. The zero-order valence-corrected chi connectivity index (χ0v) is 10.6. The first-order chi connectivity index (χ1) is 8.74. The summed E-state index contributed by atoms with van der Waals surface area (Å²) < 4.78 is 12.5. The molecule has 0 atom stereocenters. The highest BCUT2D eigenvalue weighted by Crippen LogP contribution is 2.21. The Morgan fingerprint density at radius 3 is 2.78 bits per heavy atom. The topological polar surface area (TPSA) is 62.3 Å². The number of hydrogen-bond donors (Lipinski definition) is 1. The van der Waals surface area contributed by atoms with E-state index < -0.39 is 0 Å². The maximum absolute atomic E-state index is 5.93. The van der Waals surface area contributed by atoms with Crippen LogP contribution in [0.15, 0.2) is 30.5 Å². The normalized spacial score (nSPS) is 10.3. The summed E-state index contributed by atoms with van der Waals surface area (Å²) in [5, 5.41) is 4.17. The van der Waals surface area contributed by atoms with Gasteiger partial charge in [0.05, 0.1) is 18.9 Å². The molecule has 0 aliphatic carbocycles. The standard InChI is InChI=1S/C13H17N3O2/c1-3-16-13(14)10(8-15-16)9-18-12-6-4-5-11(7-12)17-2/h4-8H,3,9,14H2,1-2H3. The minimum atomic E-state index is 0.402. The van der Waals surface area contributed by atoms with Crippen LogP contribution in [0.1, 0.15) is 12.5 Å². The van der Waals surface area contributed by atoms with Crippen LogP contribution in [0.4, 0.5) is 5.82 Å². The van der Waals surface area contributed by atoms with Crippen molar-refractivity contribution in [3.8, 4) is 11.5 Å². The van der Waals surface area contributed by atoms with Gasteiger partial charge in [-0.05, 0) is 19.1 Å². The first kappa shape index (κ1) is 12.3. The van der Waals surface area contributed by atoms with Gasteiger partial charge in [-0.3, -0.25) is 4.68 Å². The fraction of sp³-hybridized carbons (Fsp3) is 0.308. The summed E-state index contributed by atoms with van der Waals surface area (Å²) in [5.74, 6) is 2.17. The third kappa shape index (κ3) is 2.56. The van der Waals surface area contributed by atoms with Crippen molar-refractivity contribution in [2.24, 2.45) is 0 Å². The Morgan fingerprint density at radius 2 is 2.11 bits per heavy atom. The number of anilines is 1. The van der Waals surface area contributed by atoms with Crippen LogP contribution in [-0.4, -0.2) is 16.9 Å². The van der Waals surface area contributed by atoms with Crippen molar-refractivity contribution < 1.29 is 9.47 Å². The highest BCUT2D eigenvalue weighted by molar-refractivity contribution is 5.39. The van der Waals surface area contributed by atoms with E-state index in [0.29, 0.717) is 12.4 Å². The van der Waals surface area contributed by atoms with E-state index in [9.17, 15) is 0 Å². The lowest BCUT2D eigenvalue weighted by atomic mass is 10.3. The van der Waals surface area contributed by atoms with Crippen molar-refractivity contribution in [1.82, 2.24) is 9.78 Å². The van der Waals surface area contributed by atoms with Gasteiger partial charge in [-0.15, -0.1) is 0 Å². The van der Waals surface area contributed by atoms with Crippen molar-refractivity contribution in [1.29, 1.82) is 0 Å². The lowest BCUT2D eigenvalue weighted by Crippen LogP contribution is -2.04. The van der Waals surface area contributed by atoms with Crippen LogP contribution in [0.3, 0.4) is 0 Å². The minimum absolute atomic E-state index is 0.402. The van der Waals surface area contributed by atoms with Crippen LogP contribution in [0, 0.1) is 0 Å². The summed E-state index contributed by atoms with van der Waals surface area (Å²) in [6.45, 7) is 3.15. The van der Waals surface area contributed by atoms with E-state index in [1.54, 1.807) is 18.0 Å². The van der Waals surface area contributed by atoms with Crippen molar-refractivity contribution in [3.63, 3.8) is 0 Å². The smallest absolute Gasteiger partial charge is 0.128 e. The van der Waals surface area contributed by atoms with Crippen LogP contribution in [0.25, 0.3) is 0 Å². The number of ether oxygens (including phenoxy) is 2. The van der Waals surface area contributed by atoms with Gasteiger partial charge >= 0.3 is 0 Å². The molecule has 0 spiro atoms. The molecule has 1 aromatic heterocycles. The summed E-state index contributed by atoms with van der Waals surface area (Å²) >= 11 is 0. The summed E-state index contributed by atoms with van der Waals surface area (Å²) in [7, 11) is 1.63. The van der Waals surface area contributed by atoms with Crippen molar-refractivity contribution in [2.45, 2.75) is 20.1 Å². The SMILES string of the molecule is CCn1ncc(COc2cccc(OC)c2)c1N. The fourth-order valence-corrected chi connectivity index (χ4v) is 1.65. The lowest BCUT2D eigenvalue weighted by Gasteiger charge is -2.07. The number of nitrogens with zero attached hydrogens (tertiary/aromatic N) is 2. The van der Waals surface area contributed by atoms with Gasteiger partial charge in [-0.25, -0.2) is 0 Å². The van der Waals surface area contributed by atoms with Crippen molar-refractivity contribution in [3.05, 3.63) is 36.0 Å². The van der Waals surface area contributed by atoms with E-state index >= 15 is 0 Å². The van der Waals surface area contributed by atoms with E-state index in [0.717, 1.165) is 23.6 Å². The molecule has 0 aliphatic heterocycles. The molecular formula is C13H17N3O2. The summed E-state index contributed by atoms with van der Waals surface area (Å²) in [4.78, 5) is 0. The molecule has 0 amide bonds. The minimum Gasteiger partial charge on any atom is -0.497 e. The molecule has 96 valence electrons. The van der Waals surface area contributed by atoms with E-state index in [1.165, 1.54) is 0 Å². The summed E-state index contributed by atoms with van der Waals surface area (Å²) in [5.41, 5.74) is 6.82. The number of rotatable bonds is 5. The van der Waals surface area contributed by atoms with Crippen LogP contribution in [0.2, 0.25) is 0 Å². The predicted molar refractivity (Wildman–Crippen MR) is 69.6 cm³/mol. The number of benzene rings is 1. The molecular weight excluding hydrogens is 230 g/mol. The second-order valence-corrected chi connectivity index (χ2v) is 3.84. The first-order valence-electron chi connectivity index (χ1n) is 5.81. The Morgan fingerprint density at radius 1 is 1.33 bits per heavy atom. The van der Waals surface area contributed by atoms with Gasteiger partial charge in [0.1, 0.15) is 23.9 Å². The molecule has 0 aliphatic rings. The Kier molecular flexibility index (Phi) is 3.72. The Labute approximate surface area is 106 Å². The van der Waals surface area contributed by atoms with Gasteiger partial charge < -0.3 is 15.2 Å². The predicted octanol–water partition coefficient (Wildman–Crippen LogP) is 2.07. The molecule has 2 rings (SSSR count). The Hall–Kier alpha value is -2.17. The van der Waals surface area contributed by atoms with Crippen LogP contribution in [0.5, 0.6) is 11.5 Å². The number of methoxy groups -OCH3 is 1. The van der Waals surface area contributed by atoms with E-state index in [1.807, 2.05) is 31.2 Å². The highest BCUT2D eigenvalue weighted by atomic mass is 16.5. The van der Waals surface area contributed by atoms with E-state index in [2.05, 4.69) is 5.10 Å². The maximum atomic E-state index is 5.93. The van der Waals surface area contributed by atoms with E-state index in [-0.39, 0.29) is 0 Å². The molecule has 2 aromatic rings. The second kappa shape index (κ2) is 5.44. The molecule has 1 heterocycles. The van der Waals surface area contributed by atoms with Gasteiger partial charge in [0.25, 0.3) is 0 Å². The average molecular weight is 247 g/mol. The molecule has 5 nitrogen and oxygen atoms in total. The Bertz CT molecular complexity index is 523. The van der Waals surface area contributed by atoms with Crippen LogP contribution >= 0.6 is 0 Å². The summed E-state index contributed by atoms with van der Waals surface area (Å²) in [6.07, 6.45) is 1.74. The monoisotopic (exact) mass is 247 g/mol. The van der Waals surface area contributed by atoms with Gasteiger partial charge in [0.2, 0.25) is 0 Å². The second-order valence-electron chi connectivity index (χ2n) is 3.84. The maximum Gasteiger partial charge on any atom is 0.128 e. The van der Waals surface area contributed by atoms with Gasteiger partial charge in [-0.1, -0.05) is 6.07 Å². The van der Waals surface area contributed by atoms with Crippen LogP contribution in [-0.2, 0) is 13.2 Å². The molecule has 0 bridgehead atoms. The molecule has 0 fully saturated rings. The average Bonchev–Trinajstić information content (AvgIpc) is 2.77. The molecule has 0 saturated carbocycles. The highest BCUT2D eigenvalue weighted by Gasteiger charge is 2.06. The molecule has 0 radical (unpaired) electrons. The van der Waals surface area contributed by atoms with Crippen LogP contribution < -0.4 is 15.2 Å². The molecule has 18 heavy (non-hydrogen) atoms. The van der Waals surface area contributed by atoms with Crippen molar-refractivity contribution >= 4 is 5.82 Å². The third-order valence-electron chi connectivity index (χ3n) is 2.70. The Balaban J connectivity index is 2.04. The zero-order chi connectivity index (χ0) is 13.0. The molecule has 5 heteroatoms. The molecule has 0 unspecified atom stereocenters. The number of nitrogens with two attached hydrogens (primary N) is 1. The molecule has 2 N–H and O–H groups in total. The fourth-order valence-electron chi connectivity index (χ4n) is 1.65. The number of hydrogen-bond acceptors (Lipinski definition) is 4. The van der Waals surface area contributed by atoms with Gasteiger partial charge in [-0.2, -0.15) is 5.10 Å². The quantitative estimate of drug-likeness (QED) is 0.878. The first-order valence-corrected chi connectivity index (χ1v) is 5.81.